The molecule has 1 atom stereocenters. The van der Waals surface area contributed by atoms with E-state index in [-0.39, 0.29) is 5.79 Å². The van der Waals surface area contributed by atoms with Crippen molar-refractivity contribution in [2.75, 3.05) is 24.7 Å². The molecule has 3 heteroatoms. The summed E-state index contributed by atoms with van der Waals surface area (Å²) in [4.78, 5) is 0. The Labute approximate surface area is 79.0 Å². The molecule has 0 saturated carbocycles. The molecule has 12 heavy (non-hydrogen) atoms. The van der Waals surface area contributed by atoms with Gasteiger partial charge >= 0.3 is 0 Å². The van der Waals surface area contributed by atoms with Crippen LogP contribution in [0.2, 0.25) is 0 Å². The van der Waals surface area contributed by atoms with Gasteiger partial charge in [0.2, 0.25) is 0 Å². The minimum atomic E-state index is -0.317. The Morgan fingerprint density at radius 3 is 2.50 bits per heavy atom. The number of thioether (sulfide) groups is 1. The van der Waals surface area contributed by atoms with Gasteiger partial charge in [0.15, 0.2) is 5.79 Å². The molecule has 1 aliphatic rings. The molecule has 1 unspecified atom stereocenters. The van der Waals surface area contributed by atoms with Crippen LogP contribution in [0, 0.1) is 5.92 Å². The first-order valence-corrected chi connectivity index (χ1v) is 5.70. The third-order valence-electron chi connectivity index (χ3n) is 2.33. The van der Waals surface area contributed by atoms with Crippen LogP contribution < -0.4 is 0 Å². The van der Waals surface area contributed by atoms with E-state index in [1.54, 1.807) is 0 Å². The Hall–Kier alpha value is 0.270. The number of rotatable bonds is 4. The lowest BCUT2D eigenvalue weighted by Crippen LogP contribution is -2.35. The molecule has 0 bridgehead atoms. The first kappa shape index (κ1) is 10.4. The fourth-order valence-electron chi connectivity index (χ4n) is 1.26. The molecule has 72 valence electrons. The van der Waals surface area contributed by atoms with Crippen LogP contribution in [0.1, 0.15) is 20.8 Å². The van der Waals surface area contributed by atoms with E-state index in [1.165, 1.54) is 5.75 Å². The van der Waals surface area contributed by atoms with Crippen molar-refractivity contribution in [1.29, 1.82) is 0 Å². The van der Waals surface area contributed by atoms with Crippen molar-refractivity contribution in [1.82, 2.24) is 0 Å². The van der Waals surface area contributed by atoms with Crippen LogP contribution in [0.5, 0.6) is 0 Å². The second kappa shape index (κ2) is 4.49. The van der Waals surface area contributed by atoms with Gasteiger partial charge in [-0.05, 0) is 12.7 Å². The zero-order valence-corrected chi connectivity index (χ0v) is 8.95. The minimum Gasteiger partial charge on any atom is -0.348 e. The van der Waals surface area contributed by atoms with Crippen molar-refractivity contribution in [3.8, 4) is 0 Å². The molecule has 0 N–H and O–H groups in total. The van der Waals surface area contributed by atoms with Crippen LogP contribution in [0.3, 0.4) is 0 Å². The van der Waals surface area contributed by atoms with E-state index in [2.05, 4.69) is 13.8 Å². The molecule has 0 radical (unpaired) electrons. The standard InChI is InChI=1S/C9H18O2S/c1-4-12-7-8(2)9(3)10-5-6-11-9/h8H,4-7H2,1-3H3. The van der Waals surface area contributed by atoms with E-state index in [4.69, 9.17) is 9.47 Å². The fraction of sp³-hybridized carbons (Fsp3) is 1.00. The average molecular weight is 190 g/mol. The molecule has 0 aromatic carbocycles. The summed E-state index contributed by atoms with van der Waals surface area (Å²) in [7, 11) is 0. The minimum absolute atomic E-state index is 0.317. The molecule has 0 aliphatic carbocycles. The summed E-state index contributed by atoms with van der Waals surface area (Å²) in [5.41, 5.74) is 0. The maximum absolute atomic E-state index is 5.56. The molecule has 0 amide bonds. The van der Waals surface area contributed by atoms with Crippen molar-refractivity contribution < 1.29 is 9.47 Å². The Balaban J connectivity index is 2.33. The monoisotopic (exact) mass is 190 g/mol. The van der Waals surface area contributed by atoms with Crippen molar-refractivity contribution in [2.45, 2.75) is 26.6 Å². The van der Waals surface area contributed by atoms with Crippen molar-refractivity contribution in [3.63, 3.8) is 0 Å². The van der Waals surface area contributed by atoms with Gasteiger partial charge in [-0.1, -0.05) is 13.8 Å². The van der Waals surface area contributed by atoms with E-state index in [0.29, 0.717) is 5.92 Å². The summed E-state index contributed by atoms with van der Waals surface area (Å²) in [5.74, 6) is 2.44. The highest BCUT2D eigenvalue weighted by Crippen LogP contribution is 2.29. The third kappa shape index (κ3) is 2.38. The highest BCUT2D eigenvalue weighted by molar-refractivity contribution is 7.99. The first-order valence-electron chi connectivity index (χ1n) is 4.54. The van der Waals surface area contributed by atoms with Gasteiger partial charge in [0.05, 0.1) is 13.2 Å². The Morgan fingerprint density at radius 2 is 2.00 bits per heavy atom. The van der Waals surface area contributed by atoms with Gasteiger partial charge < -0.3 is 9.47 Å². The highest BCUT2D eigenvalue weighted by Gasteiger charge is 2.36. The lowest BCUT2D eigenvalue weighted by Gasteiger charge is -2.29. The van der Waals surface area contributed by atoms with Crippen LogP contribution in [0.4, 0.5) is 0 Å². The molecule has 1 fully saturated rings. The van der Waals surface area contributed by atoms with Crippen molar-refractivity contribution >= 4 is 11.8 Å². The molecule has 1 heterocycles. The van der Waals surface area contributed by atoms with E-state index in [1.807, 2.05) is 18.7 Å². The maximum atomic E-state index is 5.56. The second-order valence-electron chi connectivity index (χ2n) is 3.27. The van der Waals surface area contributed by atoms with E-state index in [0.717, 1.165) is 19.0 Å². The summed E-state index contributed by atoms with van der Waals surface area (Å²) in [6.45, 7) is 7.90. The van der Waals surface area contributed by atoms with Crippen molar-refractivity contribution in [2.24, 2.45) is 5.92 Å². The SMILES string of the molecule is CCSCC(C)C1(C)OCCO1. The normalized spacial score (nSPS) is 24.2. The predicted octanol–water partition coefficient (Wildman–Crippen LogP) is 2.14. The summed E-state index contributed by atoms with van der Waals surface area (Å²) >= 11 is 1.94. The lowest BCUT2D eigenvalue weighted by atomic mass is 10.1. The summed E-state index contributed by atoms with van der Waals surface area (Å²) in [6, 6.07) is 0. The van der Waals surface area contributed by atoms with Gasteiger partial charge in [0.25, 0.3) is 0 Å². The Morgan fingerprint density at radius 1 is 1.42 bits per heavy atom. The van der Waals surface area contributed by atoms with E-state index < -0.39 is 0 Å². The molecular formula is C9H18O2S. The van der Waals surface area contributed by atoms with Gasteiger partial charge in [-0.15, -0.1) is 0 Å². The largest absolute Gasteiger partial charge is 0.348 e. The molecule has 0 aromatic rings. The molecule has 1 saturated heterocycles. The van der Waals surface area contributed by atoms with Gasteiger partial charge in [-0.2, -0.15) is 11.8 Å². The van der Waals surface area contributed by atoms with Gasteiger partial charge in [0, 0.05) is 11.7 Å². The zero-order valence-electron chi connectivity index (χ0n) is 8.13. The number of ether oxygens (including phenoxy) is 2. The van der Waals surface area contributed by atoms with Crippen LogP contribution in [0.25, 0.3) is 0 Å². The highest BCUT2D eigenvalue weighted by atomic mass is 32.2. The Bertz CT molecular complexity index is 132. The van der Waals surface area contributed by atoms with Crippen LogP contribution in [0.15, 0.2) is 0 Å². The first-order chi connectivity index (χ1) is 5.69. The van der Waals surface area contributed by atoms with Gasteiger partial charge in [0.1, 0.15) is 0 Å². The lowest BCUT2D eigenvalue weighted by molar-refractivity contribution is -0.171. The zero-order chi connectivity index (χ0) is 9.03. The third-order valence-corrected chi connectivity index (χ3v) is 3.47. The topological polar surface area (TPSA) is 18.5 Å². The smallest absolute Gasteiger partial charge is 0.169 e. The summed E-state index contributed by atoms with van der Waals surface area (Å²) in [5, 5.41) is 0. The van der Waals surface area contributed by atoms with Gasteiger partial charge in [-0.25, -0.2) is 0 Å². The summed E-state index contributed by atoms with van der Waals surface area (Å²) in [6.07, 6.45) is 0. The molecule has 0 aromatic heterocycles. The quantitative estimate of drug-likeness (QED) is 0.676. The molecular weight excluding hydrogens is 172 g/mol. The number of hydrogen-bond acceptors (Lipinski definition) is 3. The molecule has 1 rings (SSSR count). The molecule has 0 spiro atoms. The fourth-order valence-corrected chi connectivity index (χ4v) is 2.15. The van der Waals surface area contributed by atoms with Crippen LogP contribution in [-0.2, 0) is 9.47 Å². The maximum Gasteiger partial charge on any atom is 0.169 e. The molecule has 2 nitrogen and oxygen atoms in total. The predicted molar refractivity (Wildman–Crippen MR) is 52.5 cm³/mol. The van der Waals surface area contributed by atoms with E-state index >= 15 is 0 Å². The second-order valence-corrected chi connectivity index (χ2v) is 4.59. The number of hydrogen-bond donors (Lipinski definition) is 0. The summed E-state index contributed by atoms with van der Waals surface area (Å²) < 4.78 is 11.1. The average Bonchev–Trinajstić information content (AvgIpc) is 2.49. The van der Waals surface area contributed by atoms with Crippen LogP contribution in [-0.4, -0.2) is 30.5 Å². The molecule has 1 aliphatic heterocycles. The Kier molecular flexibility index (Phi) is 3.87. The van der Waals surface area contributed by atoms with E-state index in [9.17, 15) is 0 Å². The van der Waals surface area contributed by atoms with Crippen molar-refractivity contribution in [3.05, 3.63) is 0 Å². The van der Waals surface area contributed by atoms with Crippen LogP contribution >= 0.6 is 11.8 Å². The van der Waals surface area contributed by atoms with Gasteiger partial charge in [-0.3, -0.25) is 0 Å².